The minimum Gasteiger partial charge on any atom is -0.311 e. The van der Waals surface area contributed by atoms with E-state index in [2.05, 4.69) is 35.2 Å². The molecule has 1 atom stereocenters. The third kappa shape index (κ3) is 4.32. The van der Waals surface area contributed by atoms with Crippen molar-refractivity contribution in [1.82, 2.24) is 20.0 Å². The van der Waals surface area contributed by atoms with E-state index in [1.54, 1.807) is 0 Å². The number of hydrogen-bond donors (Lipinski definition) is 1. The molecule has 1 aliphatic rings. The Morgan fingerprint density at radius 2 is 2.25 bits per heavy atom. The van der Waals surface area contributed by atoms with Crippen LogP contribution in [0.3, 0.4) is 0 Å². The molecule has 1 aliphatic heterocycles. The number of piperidine rings is 1. The molecule has 1 aromatic rings. The van der Waals surface area contributed by atoms with Crippen molar-refractivity contribution in [2.45, 2.75) is 58.5 Å². The first kappa shape index (κ1) is 15.5. The van der Waals surface area contributed by atoms with Crippen molar-refractivity contribution < 1.29 is 0 Å². The third-order valence-electron chi connectivity index (χ3n) is 4.44. The molecule has 0 bridgehead atoms. The molecule has 0 amide bonds. The van der Waals surface area contributed by atoms with Gasteiger partial charge in [-0.2, -0.15) is 5.10 Å². The van der Waals surface area contributed by atoms with Gasteiger partial charge < -0.3 is 10.2 Å². The molecule has 0 radical (unpaired) electrons. The van der Waals surface area contributed by atoms with Crippen LogP contribution in [0, 0.1) is 0 Å². The summed E-state index contributed by atoms with van der Waals surface area (Å²) < 4.78 is 2.00. The average molecular weight is 278 g/mol. The van der Waals surface area contributed by atoms with E-state index >= 15 is 0 Å². The van der Waals surface area contributed by atoms with Gasteiger partial charge in [0.1, 0.15) is 0 Å². The first-order valence-electron chi connectivity index (χ1n) is 8.17. The molecule has 1 unspecified atom stereocenters. The number of aromatic nitrogens is 2. The van der Waals surface area contributed by atoms with E-state index in [0.717, 1.165) is 25.6 Å². The minimum atomic E-state index is 0.785. The number of aryl methyl sites for hydroxylation is 2. The molecule has 0 aliphatic carbocycles. The third-order valence-corrected chi connectivity index (χ3v) is 4.44. The molecule has 1 N–H and O–H groups in total. The van der Waals surface area contributed by atoms with Crippen LogP contribution in [0.15, 0.2) is 6.07 Å². The van der Waals surface area contributed by atoms with Crippen LogP contribution in [0.1, 0.15) is 50.9 Å². The zero-order chi connectivity index (χ0) is 14.4. The van der Waals surface area contributed by atoms with Gasteiger partial charge in [0.25, 0.3) is 0 Å². The molecule has 20 heavy (non-hydrogen) atoms. The number of hydrogen-bond acceptors (Lipinski definition) is 3. The van der Waals surface area contributed by atoms with Crippen molar-refractivity contribution in [3.8, 4) is 0 Å². The van der Waals surface area contributed by atoms with Crippen molar-refractivity contribution in [2.24, 2.45) is 7.05 Å². The molecule has 0 saturated carbocycles. The molecule has 4 heteroatoms. The summed E-state index contributed by atoms with van der Waals surface area (Å²) in [5.41, 5.74) is 2.47. The van der Waals surface area contributed by atoms with E-state index in [1.165, 1.54) is 50.2 Å². The van der Waals surface area contributed by atoms with Crippen LogP contribution >= 0.6 is 0 Å². The van der Waals surface area contributed by atoms with E-state index in [-0.39, 0.29) is 0 Å². The summed E-state index contributed by atoms with van der Waals surface area (Å²) >= 11 is 0. The fraction of sp³-hybridized carbons (Fsp3) is 0.812. The summed E-state index contributed by atoms with van der Waals surface area (Å²) in [6.07, 6.45) is 6.43. The zero-order valence-electron chi connectivity index (χ0n) is 13.4. The SMILES string of the molecule is CCc1cc(CNCCCN2CCCCC2C)n(C)n1. The van der Waals surface area contributed by atoms with Gasteiger partial charge in [-0.3, -0.25) is 4.68 Å². The highest BCUT2D eigenvalue weighted by Gasteiger charge is 2.16. The lowest BCUT2D eigenvalue weighted by molar-refractivity contribution is 0.159. The Kier molecular flexibility index (Phi) is 6.05. The average Bonchev–Trinajstić information content (AvgIpc) is 2.81. The highest BCUT2D eigenvalue weighted by molar-refractivity contribution is 5.09. The second kappa shape index (κ2) is 7.79. The first-order chi connectivity index (χ1) is 9.70. The molecule has 4 nitrogen and oxygen atoms in total. The molecule has 1 fully saturated rings. The van der Waals surface area contributed by atoms with Crippen molar-refractivity contribution in [1.29, 1.82) is 0 Å². The quantitative estimate of drug-likeness (QED) is 0.777. The summed E-state index contributed by atoms with van der Waals surface area (Å²) in [6.45, 7) is 9.07. The summed E-state index contributed by atoms with van der Waals surface area (Å²) in [5, 5.41) is 8.03. The van der Waals surface area contributed by atoms with Gasteiger partial charge in [-0.25, -0.2) is 0 Å². The molecule has 0 aromatic carbocycles. The second-order valence-electron chi connectivity index (χ2n) is 6.02. The molecule has 2 rings (SSSR count). The molecule has 1 saturated heterocycles. The largest absolute Gasteiger partial charge is 0.311 e. The molecule has 0 spiro atoms. The van der Waals surface area contributed by atoms with Gasteiger partial charge in [0, 0.05) is 19.6 Å². The maximum Gasteiger partial charge on any atom is 0.0625 e. The molecule has 1 aromatic heterocycles. The summed E-state index contributed by atoms with van der Waals surface area (Å²) in [4.78, 5) is 2.64. The van der Waals surface area contributed by atoms with Crippen LogP contribution in [0.2, 0.25) is 0 Å². The Bertz CT molecular complexity index is 399. The highest BCUT2D eigenvalue weighted by Crippen LogP contribution is 2.16. The highest BCUT2D eigenvalue weighted by atomic mass is 15.3. The lowest BCUT2D eigenvalue weighted by Crippen LogP contribution is -2.38. The van der Waals surface area contributed by atoms with Crippen molar-refractivity contribution in [3.63, 3.8) is 0 Å². The van der Waals surface area contributed by atoms with Crippen LogP contribution in [-0.2, 0) is 20.0 Å². The predicted molar refractivity (Wildman–Crippen MR) is 83.8 cm³/mol. The molecule has 114 valence electrons. The van der Waals surface area contributed by atoms with Gasteiger partial charge in [0.2, 0.25) is 0 Å². The fourth-order valence-electron chi connectivity index (χ4n) is 3.02. The van der Waals surface area contributed by atoms with Gasteiger partial charge >= 0.3 is 0 Å². The predicted octanol–water partition coefficient (Wildman–Crippen LogP) is 2.34. The van der Waals surface area contributed by atoms with Crippen LogP contribution in [0.25, 0.3) is 0 Å². The van der Waals surface area contributed by atoms with E-state index in [4.69, 9.17) is 0 Å². The van der Waals surface area contributed by atoms with Gasteiger partial charge in [0.05, 0.1) is 11.4 Å². The summed E-state index contributed by atoms with van der Waals surface area (Å²) in [7, 11) is 2.03. The summed E-state index contributed by atoms with van der Waals surface area (Å²) in [5.74, 6) is 0. The fourth-order valence-corrected chi connectivity index (χ4v) is 3.02. The standard InChI is InChI=1S/C16H30N4/c1-4-15-12-16(19(3)18-15)13-17-9-7-11-20-10-6-5-8-14(20)2/h12,14,17H,4-11,13H2,1-3H3. The molecular formula is C16H30N4. The van der Waals surface area contributed by atoms with Crippen LogP contribution in [0.4, 0.5) is 0 Å². The minimum absolute atomic E-state index is 0.785. The molecule has 2 heterocycles. The number of nitrogens with one attached hydrogen (secondary N) is 1. The van der Waals surface area contributed by atoms with E-state index in [0.29, 0.717) is 0 Å². The Morgan fingerprint density at radius 1 is 1.40 bits per heavy atom. The normalized spacial score (nSPS) is 20.4. The van der Waals surface area contributed by atoms with Gasteiger partial charge in [-0.15, -0.1) is 0 Å². The topological polar surface area (TPSA) is 33.1 Å². The zero-order valence-corrected chi connectivity index (χ0v) is 13.4. The van der Waals surface area contributed by atoms with Crippen molar-refractivity contribution in [2.75, 3.05) is 19.6 Å². The maximum absolute atomic E-state index is 4.48. The Hall–Kier alpha value is -0.870. The van der Waals surface area contributed by atoms with E-state index in [9.17, 15) is 0 Å². The van der Waals surface area contributed by atoms with Crippen LogP contribution < -0.4 is 5.32 Å². The van der Waals surface area contributed by atoms with Gasteiger partial charge in [-0.05, 0) is 58.3 Å². The monoisotopic (exact) mass is 278 g/mol. The maximum atomic E-state index is 4.48. The van der Waals surface area contributed by atoms with Crippen LogP contribution in [-0.4, -0.2) is 40.4 Å². The second-order valence-corrected chi connectivity index (χ2v) is 6.02. The van der Waals surface area contributed by atoms with Gasteiger partial charge in [0.15, 0.2) is 0 Å². The van der Waals surface area contributed by atoms with Gasteiger partial charge in [-0.1, -0.05) is 13.3 Å². The Morgan fingerprint density at radius 3 is 2.95 bits per heavy atom. The van der Waals surface area contributed by atoms with Crippen LogP contribution in [0.5, 0.6) is 0 Å². The number of rotatable bonds is 7. The van der Waals surface area contributed by atoms with E-state index in [1.807, 2.05) is 11.7 Å². The Balaban J connectivity index is 1.62. The lowest BCUT2D eigenvalue weighted by atomic mass is 10.0. The molecular weight excluding hydrogens is 248 g/mol. The smallest absolute Gasteiger partial charge is 0.0625 e. The Labute approximate surface area is 123 Å². The van der Waals surface area contributed by atoms with E-state index < -0.39 is 0 Å². The lowest BCUT2D eigenvalue weighted by Gasteiger charge is -2.33. The number of nitrogens with zero attached hydrogens (tertiary/aromatic N) is 3. The number of likely N-dealkylation sites (tertiary alicyclic amines) is 1. The van der Waals surface area contributed by atoms with Crippen molar-refractivity contribution in [3.05, 3.63) is 17.5 Å². The van der Waals surface area contributed by atoms with Crippen molar-refractivity contribution >= 4 is 0 Å². The first-order valence-corrected chi connectivity index (χ1v) is 8.17. The summed E-state index contributed by atoms with van der Waals surface area (Å²) in [6, 6.07) is 2.99.